The van der Waals surface area contributed by atoms with Gasteiger partial charge in [-0.05, 0) is 43.7 Å². The van der Waals surface area contributed by atoms with Crippen molar-refractivity contribution in [3.8, 4) is 0 Å². The Morgan fingerprint density at radius 3 is 2.75 bits per heavy atom. The molecule has 164 valence electrons. The Bertz CT molecular complexity index is 1250. The summed E-state index contributed by atoms with van der Waals surface area (Å²) in [5.41, 5.74) is 0.680. The van der Waals surface area contributed by atoms with Crippen LogP contribution in [-0.4, -0.2) is 34.4 Å². The summed E-state index contributed by atoms with van der Waals surface area (Å²) in [4.78, 5) is 44.3. The highest BCUT2D eigenvalue weighted by Gasteiger charge is 2.46. The van der Waals surface area contributed by atoms with Crippen molar-refractivity contribution in [2.24, 2.45) is 0 Å². The number of aryl methyl sites for hydroxylation is 1. The molecule has 3 heterocycles. The van der Waals surface area contributed by atoms with E-state index >= 15 is 0 Å². The minimum Gasteiger partial charge on any atom is -0.503 e. The molecule has 1 aliphatic heterocycles. The molecule has 10 heteroatoms. The van der Waals surface area contributed by atoms with Crippen LogP contribution in [-0.2, 0) is 9.53 Å². The number of benzene rings is 1. The highest BCUT2D eigenvalue weighted by molar-refractivity contribution is 7.17. The Hall–Kier alpha value is -3.43. The Morgan fingerprint density at radius 1 is 1.31 bits per heavy atom. The molecule has 32 heavy (non-hydrogen) atoms. The van der Waals surface area contributed by atoms with Gasteiger partial charge >= 0.3 is 5.97 Å². The van der Waals surface area contributed by atoms with Crippen LogP contribution in [0.15, 0.2) is 58.4 Å². The quantitative estimate of drug-likeness (QED) is 0.410. The zero-order chi connectivity index (χ0) is 23.0. The number of hydrogen-bond acceptors (Lipinski definition) is 8. The summed E-state index contributed by atoms with van der Waals surface area (Å²) in [6.45, 7) is 3.48. The van der Waals surface area contributed by atoms with E-state index in [2.05, 4.69) is 4.98 Å². The van der Waals surface area contributed by atoms with E-state index in [1.54, 1.807) is 38.1 Å². The number of carbonyl (C=O) groups excluding carboxylic acids is 3. The fourth-order valence-electron chi connectivity index (χ4n) is 3.44. The average Bonchev–Trinajstić information content (AvgIpc) is 3.47. The number of nitrogens with zero attached hydrogens (tertiary/aromatic N) is 2. The van der Waals surface area contributed by atoms with Crippen LogP contribution in [0.2, 0.25) is 5.02 Å². The summed E-state index contributed by atoms with van der Waals surface area (Å²) in [5.74, 6) is -2.79. The number of carbonyl (C=O) groups is 3. The first-order chi connectivity index (χ1) is 15.3. The summed E-state index contributed by atoms with van der Waals surface area (Å²) in [5, 5.41) is 11.2. The number of hydrogen-bond donors (Lipinski definition) is 1. The number of amides is 1. The molecular weight excluding hydrogens is 456 g/mol. The van der Waals surface area contributed by atoms with Gasteiger partial charge in [0.2, 0.25) is 5.78 Å². The van der Waals surface area contributed by atoms with E-state index in [-0.39, 0.29) is 27.9 Å². The third-order valence-electron chi connectivity index (χ3n) is 4.81. The Labute approximate surface area is 191 Å². The van der Waals surface area contributed by atoms with Crippen molar-refractivity contribution in [3.05, 3.63) is 80.9 Å². The van der Waals surface area contributed by atoms with E-state index in [9.17, 15) is 19.5 Å². The maximum atomic E-state index is 13.2. The first-order valence-electron chi connectivity index (χ1n) is 9.58. The van der Waals surface area contributed by atoms with Crippen molar-refractivity contribution in [2.75, 3.05) is 11.5 Å². The number of ketones is 1. The second kappa shape index (κ2) is 8.60. The summed E-state index contributed by atoms with van der Waals surface area (Å²) in [7, 11) is 0. The lowest BCUT2D eigenvalue weighted by Gasteiger charge is -2.24. The zero-order valence-electron chi connectivity index (χ0n) is 17.0. The van der Waals surface area contributed by atoms with Crippen molar-refractivity contribution in [1.82, 2.24) is 4.98 Å². The molecule has 1 aromatic carbocycles. The largest absolute Gasteiger partial charge is 0.503 e. The van der Waals surface area contributed by atoms with Gasteiger partial charge in [0, 0.05) is 5.02 Å². The van der Waals surface area contributed by atoms with Crippen LogP contribution in [0.4, 0.5) is 5.13 Å². The lowest BCUT2D eigenvalue weighted by molar-refractivity contribution is -0.117. The number of furan rings is 1. The molecular formula is C22H17ClN2O6S. The van der Waals surface area contributed by atoms with Gasteiger partial charge in [-0.25, -0.2) is 9.78 Å². The second-order valence-corrected chi connectivity index (χ2v) is 8.25. The van der Waals surface area contributed by atoms with Gasteiger partial charge in [-0.15, -0.1) is 0 Å². The van der Waals surface area contributed by atoms with E-state index < -0.39 is 29.5 Å². The molecule has 1 unspecified atom stereocenters. The lowest BCUT2D eigenvalue weighted by Crippen LogP contribution is -2.31. The van der Waals surface area contributed by atoms with E-state index in [1.807, 2.05) is 0 Å². The fraction of sp³-hybridized carbons (Fsp3) is 0.182. The van der Waals surface area contributed by atoms with Crippen LogP contribution in [0.5, 0.6) is 0 Å². The monoisotopic (exact) mass is 472 g/mol. The molecule has 3 aromatic rings. The highest BCUT2D eigenvalue weighted by atomic mass is 35.5. The predicted molar refractivity (Wildman–Crippen MR) is 117 cm³/mol. The van der Waals surface area contributed by atoms with Gasteiger partial charge in [0.05, 0.1) is 30.2 Å². The Kier molecular flexibility index (Phi) is 5.86. The molecule has 0 bridgehead atoms. The number of thiazole rings is 1. The van der Waals surface area contributed by atoms with Gasteiger partial charge in [-0.2, -0.15) is 0 Å². The van der Waals surface area contributed by atoms with Gasteiger partial charge < -0.3 is 14.3 Å². The normalized spacial score (nSPS) is 16.0. The van der Waals surface area contributed by atoms with Crippen LogP contribution < -0.4 is 4.90 Å². The molecule has 1 N–H and O–H groups in total. The number of aliphatic hydroxyl groups is 1. The molecule has 1 atom stereocenters. The maximum absolute atomic E-state index is 13.2. The van der Waals surface area contributed by atoms with Crippen LogP contribution >= 0.6 is 22.9 Å². The van der Waals surface area contributed by atoms with Gasteiger partial charge in [0.1, 0.15) is 4.88 Å². The number of Topliss-reactive ketones (excluding diaryl/α,β-unsaturated/α-hetero) is 1. The van der Waals surface area contributed by atoms with Crippen LogP contribution in [0, 0.1) is 6.92 Å². The third kappa shape index (κ3) is 3.69. The minimum absolute atomic E-state index is 0.0317. The lowest BCUT2D eigenvalue weighted by atomic mass is 9.95. The van der Waals surface area contributed by atoms with E-state index in [0.717, 1.165) is 11.3 Å². The SMILES string of the molecule is CCOC(=O)c1sc(N2C(=O)C(O)=C(C(=O)c3ccco3)C2c2cccc(Cl)c2)nc1C. The van der Waals surface area contributed by atoms with Gasteiger partial charge in [-0.3, -0.25) is 14.5 Å². The first-order valence-corrected chi connectivity index (χ1v) is 10.8. The average molecular weight is 473 g/mol. The van der Waals surface area contributed by atoms with Gasteiger partial charge in [-0.1, -0.05) is 35.1 Å². The smallest absolute Gasteiger partial charge is 0.350 e. The molecule has 1 amide bonds. The molecule has 0 fully saturated rings. The zero-order valence-corrected chi connectivity index (χ0v) is 18.6. The van der Waals surface area contributed by atoms with Crippen molar-refractivity contribution in [2.45, 2.75) is 19.9 Å². The summed E-state index contributed by atoms with van der Waals surface area (Å²) < 4.78 is 10.2. The fourth-order valence-corrected chi connectivity index (χ4v) is 4.62. The van der Waals surface area contributed by atoms with Crippen LogP contribution in [0.3, 0.4) is 0 Å². The molecule has 0 aliphatic carbocycles. The maximum Gasteiger partial charge on any atom is 0.350 e. The van der Waals surface area contributed by atoms with Gasteiger partial charge in [0.25, 0.3) is 5.91 Å². The molecule has 4 rings (SSSR count). The molecule has 8 nitrogen and oxygen atoms in total. The minimum atomic E-state index is -1.03. The number of esters is 1. The summed E-state index contributed by atoms with van der Waals surface area (Å²) >= 11 is 7.10. The first kappa shape index (κ1) is 21.8. The predicted octanol–water partition coefficient (Wildman–Crippen LogP) is 4.66. The standard InChI is InChI=1S/C22H17ClN2O6S/c1-3-30-21(29)19-11(2)24-22(32-19)25-16(12-6-4-7-13(23)10-12)15(18(27)20(25)28)17(26)14-8-5-9-31-14/h4-10,16,27H,3H2,1-2H3. The molecule has 0 saturated heterocycles. The van der Waals surface area contributed by atoms with Crippen molar-refractivity contribution >= 4 is 45.7 Å². The third-order valence-corrected chi connectivity index (χ3v) is 6.19. The van der Waals surface area contributed by atoms with Crippen LogP contribution in [0.1, 0.15) is 44.4 Å². The number of rotatable bonds is 6. The number of ether oxygens (including phenoxy) is 1. The number of halogens is 1. The molecule has 0 spiro atoms. The number of anilines is 1. The van der Waals surface area contributed by atoms with E-state index in [4.69, 9.17) is 20.8 Å². The van der Waals surface area contributed by atoms with Gasteiger partial charge in [0.15, 0.2) is 16.7 Å². The Balaban J connectivity index is 1.86. The molecule has 1 aliphatic rings. The molecule has 0 radical (unpaired) electrons. The topological polar surface area (TPSA) is 110 Å². The highest BCUT2D eigenvalue weighted by Crippen LogP contribution is 2.44. The van der Waals surface area contributed by atoms with Crippen molar-refractivity contribution < 1.29 is 28.6 Å². The van der Waals surface area contributed by atoms with E-state index in [0.29, 0.717) is 16.3 Å². The number of aromatic nitrogens is 1. The molecule has 2 aromatic heterocycles. The summed E-state index contributed by atoms with van der Waals surface area (Å²) in [6.07, 6.45) is 1.32. The second-order valence-electron chi connectivity index (χ2n) is 6.83. The van der Waals surface area contributed by atoms with Crippen LogP contribution in [0.25, 0.3) is 0 Å². The van der Waals surface area contributed by atoms with Crippen molar-refractivity contribution in [1.29, 1.82) is 0 Å². The Morgan fingerprint density at radius 2 is 2.09 bits per heavy atom. The van der Waals surface area contributed by atoms with Crippen molar-refractivity contribution in [3.63, 3.8) is 0 Å². The summed E-state index contributed by atoms with van der Waals surface area (Å²) in [6, 6.07) is 8.53. The number of aliphatic hydroxyl groups excluding tert-OH is 1. The van der Waals surface area contributed by atoms with E-state index in [1.165, 1.54) is 23.3 Å². The molecule has 0 saturated carbocycles.